The van der Waals surface area contributed by atoms with Crippen LogP contribution in [0.4, 0.5) is 13.2 Å². The molecular formula is C24H21F3N4O5. The van der Waals surface area contributed by atoms with Crippen LogP contribution in [0.2, 0.25) is 0 Å². The second-order valence-electron chi connectivity index (χ2n) is 9.09. The summed E-state index contributed by atoms with van der Waals surface area (Å²) < 4.78 is 51.4. The number of nitriles is 1. The summed E-state index contributed by atoms with van der Waals surface area (Å²) in [5.74, 6) is -1.05. The molecule has 0 spiro atoms. The fourth-order valence-corrected chi connectivity index (χ4v) is 4.03. The van der Waals surface area contributed by atoms with Gasteiger partial charge in [-0.15, -0.1) is 10.2 Å². The minimum absolute atomic E-state index is 0.0229. The van der Waals surface area contributed by atoms with Gasteiger partial charge in [-0.25, -0.2) is 0 Å². The predicted octanol–water partition coefficient (Wildman–Crippen LogP) is 4.42. The third-order valence-electron chi connectivity index (χ3n) is 5.94. The molecule has 2 heterocycles. The molecule has 1 aromatic heterocycles. The van der Waals surface area contributed by atoms with E-state index < -0.39 is 40.8 Å². The van der Waals surface area contributed by atoms with Crippen molar-refractivity contribution in [2.75, 3.05) is 6.54 Å². The quantitative estimate of drug-likeness (QED) is 0.524. The van der Waals surface area contributed by atoms with Crippen LogP contribution >= 0.6 is 0 Å². The lowest BCUT2D eigenvalue weighted by Crippen LogP contribution is -2.37. The van der Waals surface area contributed by atoms with Crippen molar-refractivity contribution < 1.29 is 37.3 Å². The molecule has 9 nitrogen and oxygen atoms in total. The van der Waals surface area contributed by atoms with Crippen LogP contribution < -0.4 is 4.74 Å². The van der Waals surface area contributed by atoms with Crippen molar-refractivity contribution in [3.63, 3.8) is 0 Å². The molecule has 0 radical (unpaired) electrons. The number of likely N-dealkylation sites (tertiary alicyclic amines) is 1. The van der Waals surface area contributed by atoms with Gasteiger partial charge in [0.15, 0.2) is 6.10 Å². The van der Waals surface area contributed by atoms with Gasteiger partial charge in [0.25, 0.3) is 11.8 Å². The highest BCUT2D eigenvalue weighted by atomic mass is 19.4. The molecule has 2 atom stereocenters. The number of alkyl halides is 3. The minimum Gasteiger partial charge on any atom is -0.508 e. The van der Waals surface area contributed by atoms with Gasteiger partial charge in [-0.1, -0.05) is 13.8 Å². The van der Waals surface area contributed by atoms with Gasteiger partial charge in [-0.05, 0) is 37.3 Å². The number of nitrogens with zero attached hydrogens (tertiary/aromatic N) is 4. The third kappa shape index (κ3) is 4.51. The van der Waals surface area contributed by atoms with E-state index in [9.17, 15) is 28.2 Å². The lowest BCUT2D eigenvalue weighted by Gasteiger charge is -2.25. The molecule has 2 unspecified atom stereocenters. The Labute approximate surface area is 203 Å². The van der Waals surface area contributed by atoms with Crippen LogP contribution in [0.15, 0.2) is 40.8 Å². The number of rotatable bonds is 5. The molecule has 188 valence electrons. The van der Waals surface area contributed by atoms with Crippen molar-refractivity contribution in [2.24, 2.45) is 5.41 Å². The molecular weight excluding hydrogens is 481 g/mol. The molecule has 0 aliphatic carbocycles. The number of halogens is 3. The van der Waals surface area contributed by atoms with E-state index in [1.54, 1.807) is 20.8 Å². The fourth-order valence-electron chi connectivity index (χ4n) is 4.03. The molecule has 1 aliphatic heterocycles. The Balaban J connectivity index is 1.57. The van der Waals surface area contributed by atoms with E-state index in [0.717, 1.165) is 12.1 Å². The van der Waals surface area contributed by atoms with Crippen LogP contribution in [-0.4, -0.2) is 43.9 Å². The van der Waals surface area contributed by atoms with Gasteiger partial charge >= 0.3 is 6.18 Å². The highest BCUT2D eigenvalue weighted by Gasteiger charge is 2.50. The molecule has 1 aliphatic rings. The van der Waals surface area contributed by atoms with Crippen molar-refractivity contribution in [2.45, 2.75) is 39.1 Å². The fraction of sp³-hybridized carbons (Fsp3) is 0.333. The number of phenolic OH excluding ortho intramolecular Hbond substituents is 2. The first-order chi connectivity index (χ1) is 16.8. The van der Waals surface area contributed by atoms with Gasteiger partial charge in [0.05, 0.1) is 22.8 Å². The summed E-state index contributed by atoms with van der Waals surface area (Å²) in [5, 5.41) is 36.4. The Morgan fingerprint density at radius 2 is 1.94 bits per heavy atom. The maximum absolute atomic E-state index is 13.3. The third-order valence-corrected chi connectivity index (χ3v) is 5.94. The minimum atomic E-state index is -4.76. The number of benzene rings is 2. The zero-order valence-electron chi connectivity index (χ0n) is 19.4. The summed E-state index contributed by atoms with van der Waals surface area (Å²) in [6.45, 7) is 5.31. The summed E-state index contributed by atoms with van der Waals surface area (Å²) in [6, 6.07) is 7.58. The number of aromatic hydroxyl groups is 2. The Hall–Kier alpha value is -4.27. The van der Waals surface area contributed by atoms with Gasteiger partial charge in [0, 0.05) is 18.0 Å². The summed E-state index contributed by atoms with van der Waals surface area (Å²) in [7, 11) is 0. The molecule has 0 bridgehead atoms. The van der Waals surface area contributed by atoms with E-state index in [0.29, 0.717) is 6.07 Å². The number of amides is 1. The van der Waals surface area contributed by atoms with Gasteiger partial charge in [-0.2, -0.15) is 18.4 Å². The van der Waals surface area contributed by atoms with Gasteiger partial charge < -0.3 is 24.3 Å². The molecule has 12 heteroatoms. The summed E-state index contributed by atoms with van der Waals surface area (Å²) in [5.41, 5.74) is -2.30. The Morgan fingerprint density at radius 1 is 1.22 bits per heavy atom. The largest absolute Gasteiger partial charge is 0.508 e. The van der Waals surface area contributed by atoms with Gasteiger partial charge in [0.2, 0.25) is 5.89 Å². The monoisotopic (exact) mass is 502 g/mol. The van der Waals surface area contributed by atoms with Crippen LogP contribution in [0.1, 0.15) is 43.8 Å². The first-order valence-corrected chi connectivity index (χ1v) is 10.8. The van der Waals surface area contributed by atoms with E-state index >= 15 is 0 Å². The van der Waals surface area contributed by atoms with Crippen LogP contribution in [-0.2, 0) is 11.0 Å². The second kappa shape index (κ2) is 8.75. The maximum atomic E-state index is 13.3. The van der Waals surface area contributed by atoms with Crippen LogP contribution in [0.5, 0.6) is 17.2 Å². The van der Waals surface area contributed by atoms with Crippen molar-refractivity contribution in [3.8, 4) is 34.8 Å². The number of carbonyl (C=O) groups excluding carboxylic acids is 1. The lowest BCUT2D eigenvalue weighted by atomic mass is 9.89. The molecule has 0 saturated carbocycles. The first-order valence-electron chi connectivity index (χ1n) is 10.8. The van der Waals surface area contributed by atoms with Crippen LogP contribution in [0.25, 0.3) is 11.5 Å². The predicted molar refractivity (Wildman–Crippen MR) is 118 cm³/mol. The number of phenols is 2. The van der Waals surface area contributed by atoms with E-state index in [1.807, 2.05) is 0 Å². The Kier molecular flexibility index (Phi) is 6.03. The number of carbonyl (C=O) groups is 1. The molecule has 1 amide bonds. The van der Waals surface area contributed by atoms with Crippen LogP contribution in [0.3, 0.4) is 0 Å². The van der Waals surface area contributed by atoms with E-state index in [2.05, 4.69) is 10.2 Å². The zero-order chi connectivity index (χ0) is 26.4. The number of hydrogen-bond donors (Lipinski definition) is 2. The summed E-state index contributed by atoms with van der Waals surface area (Å²) in [6.07, 6.45) is -5.88. The molecule has 2 N–H and O–H groups in total. The smallest absolute Gasteiger partial charge is 0.417 e. The van der Waals surface area contributed by atoms with Crippen molar-refractivity contribution in [1.82, 2.24) is 15.1 Å². The van der Waals surface area contributed by atoms with Gasteiger partial charge in [0.1, 0.15) is 23.3 Å². The SMILES string of the molecule is CC(c1nnc(-c2ccc(O)cc2O)o1)N1CC(C)(C)C(Oc2ccc(C#N)c(C(F)(F)F)c2)C1=O. The molecule has 1 fully saturated rings. The standard InChI is InChI=1S/C24H21F3N4O5/c1-12(20-29-30-21(36-20)16-7-5-14(32)8-18(16)33)31-11-23(2,3)19(22(31)34)35-15-6-4-13(10-28)17(9-15)24(25,26)27/h4-9,12,19,32-33H,11H2,1-3H3. The molecule has 2 aromatic carbocycles. The average molecular weight is 502 g/mol. The molecule has 3 aromatic rings. The number of aromatic nitrogens is 2. The number of hydrogen-bond acceptors (Lipinski definition) is 8. The normalized spacial score (nSPS) is 18.2. The van der Waals surface area contributed by atoms with Crippen molar-refractivity contribution in [3.05, 3.63) is 53.4 Å². The second-order valence-corrected chi connectivity index (χ2v) is 9.09. The Bertz CT molecular complexity index is 1360. The van der Waals surface area contributed by atoms with E-state index in [4.69, 9.17) is 14.4 Å². The van der Waals surface area contributed by atoms with E-state index in [1.165, 1.54) is 29.2 Å². The average Bonchev–Trinajstić information content (AvgIpc) is 3.37. The highest BCUT2D eigenvalue weighted by Crippen LogP contribution is 2.40. The van der Waals surface area contributed by atoms with Crippen molar-refractivity contribution >= 4 is 5.91 Å². The molecule has 4 rings (SSSR count). The molecule has 36 heavy (non-hydrogen) atoms. The highest BCUT2D eigenvalue weighted by molar-refractivity contribution is 5.85. The topological polar surface area (TPSA) is 133 Å². The van der Waals surface area contributed by atoms with E-state index in [-0.39, 0.29) is 41.1 Å². The van der Waals surface area contributed by atoms with Crippen LogP contribution in [0, 0.1) is 16.7 Å². The summed E-state index contributed by atoms with van der Waals surface area (Å²) >= 11 is 0. The van der Waals surface area contributed by atoms with Crippen molar-refractivity contribution in [1.29, 1.82) is 5.26 Å². The lowest BCUT2D eigenvalue weighted by molar-refractivity contribution is -0.138. The van der Waals surface area contributed by atoms with Gasteiger partial charge in [-0.3, -0.25) is 4.79 Å². The summed E-state index contributed by atoms with van der Waals surface area (Å²) in [4.78, 5) is 14.7. The Morgan fingerprint density at radius 3 is 2.58 bits per heavy atom. The number of ether oxygens (including phenoxy) is 1. The maximum Gasteiger partial charge on any atom is 0.417 e. The molecule has 1 saturated heterocycles. The first kappa shape index (κ1) is 24.8. The zero-order valence-corrected chi connectivity index (χ0v) is 19.4.